The van der Waals surface area contributed by atoms with Gasteiger partial charge in [-0.15, -0.1) is 0 Å². The van der Waals surface area contributed by atoms with Gasteiger partial charge in [0, 0.05) is 6.42 Å². The minimum absolute atomic E-state index is 0.256. The van der Waals surface area contributed by atoms with E-state index in [0.717, 1.165) is 64.2 Å². The Labute approximate surface area is 453 Å². The van der Waals surface area contributed by atoms with E-state index in [-0.39, 0.29) is 18.9 Å². The van der Waals surface area contributed by atoms with Gasteiger partial charge in [0.1, 0.15) is 48.8 Å². The first-order valence-corrected chi connectivity index (χ1v) is 29.7. The largest absolute Gasteiger partial charge is 0.394 e. The van der Waals surface area contributed by atoms with Crippen molar-refractivity contribution in [1.82, 2.24) is 5.32 Å². The second kappa shape index (κ2) is 46.4. The Hall–Kier alpha value is -2.57. The van der Waals surface area contributed by atoms with Gasteiger partial charge in [0.2, 0.25) is 5.91 Å². The number of hydrogen-bond acceptors (Lipinski definition) is 13. The molecule has 14 heteroatoms. The minimum Gasteiger partial charge on any atom is -0.394 e. The zero-order valence-electron chi connectivity index (χ0n) is 46.5. The summed E-state index contributed by atoms with van der Waals surface area (Å²) in [4.78, 5) is 13.3. The van der Waals surface area contributed by atoms with Gasteiger partial charge in [-0.05, 0) is 70.6 Å². The molecule has 0 aliphatic carbocycles. The highest BCUT2D eigenvalue weighted by atomic mass is 16.7. The van der Waals surface area contributed by atoms with Crippen LogP contribution in [0.25, 0.3) is 0 Å². The monoisotopic (exact) mass is 1060 g/mol. The number of aliphatic hydroxyl groups is 8. The van der Waals surface area contributed by atoms with Crippen LogP contribution in [0.1, 0.15) is 213 Å². The van der Waals surface area contributed by atoms with Crippen LogP contribution in [0.4, 0.5) is 0 Å². The van der Waals surface area contributed by atoms with Gasteiger partial charge in [-0.2, -0.15) is 0 Å². The number of aliphatic hydroxyl groups excluding tert-OH is 8. The molecule has 9 N–H and O–H groups in total. The Morgan fingerprint density at radius 2 is 0.933 bits per heavy atom. The molecule has 2 saturated heterocycles. The number of hydrogen-bond donors (Lipinski definition) is 9. The van der Waals surface area contributed by atoms with Gasteiger partial charge < -0.3 is 65.1 Å². The summed E-state index contributed by atoms with van der Waals surface area (Å²) in [7, 11) is 0. The van der Waals surface area contributed by atoms with Crippen molar-refractivity contribution in [1.29, 1.82) is 0 Å². The fourth-order valence-electron chi connectivity index (χ4n) is 9.36. The van der Waals surface area contributed by atoms with E-state index in [9.17, 15) is 45.6 Å². The third-order valence-electron chi connectivity index (χ3n) is 14.1. The molecule has 12 unspecified atom stereocenters. The summed E-state index contributed by atoms with van der Waals surface area (Å²) in [6.45, 7) is 2.66. The summed E-state index contributed by atoms with van der Waals surface area (Å²) in [5.41, 5.74) is 0. The molecule has 12 atom stereocenters. The van der Waals surface area contributed by atoms with E-state index in [4.69, 9.17) is 18.9 Å². The van der Waals surface area contributed by atoms with Crippen LogP contribution >= 0.6 is 0 Å². The highest BCUT2D eigenvalue weighted by Crippen LogP contribution is 2.30. The summed E-state index contributed by atoms with van der Waals surface area (Å²) >= 11 is 0. The summed E-state index contributed by atoms with van der Waals surface area (Å²) < 4.78 is 22.8. The van der Waals surface area contributed by atoms with E-state index < -0.39 is 86.8 Å². The molecule has 14 nitrogen and oxygen atoms in total. The topological polar surface area (TPSA) is 228 Å². The van der Waals surface area contributed by atoms with E-state index in [1.165, 1.54) is 116 Å². The molecule has 0 spiro atoms. The number of amides is 1. The lowest BCUT2D eigenvalue weighted by Crippen LogP contribution is -2.65. The van der Waals surface area contributed by atoms with Gasteiger partial charge >= 0.3 is 0 Å². The van der Waals surface area contributed by atoms with Crippen LogP contribution in [0.5, 0.6) is 0 Å². The van der Waals surface area contributed by atoms with Crippen molar-refractivity contribution in [3.05, 3.63) is 72.9 Å². The lowest BCUT2D eigenvalue weighted by atomic mass is 9.97. The van der Waals surface area contributed by atoms with Crippen molar-refractivity contribution in [2.24, 2.45) is 0 Å². The van der Waals surface area contributed by atoms with Crippen molar-refractivity contribution >= 4 is 5.91 Å². The first-order chi connectivity index (χ1) is 36.6. The standard InChI is InChI=1S/C61H107NO13/c1-3-5-7-9-11-13-15-17-19-21-23-24-25-26-27-29-31-33-35-37-39-41-43-45-53(66)62-49(50(65)44-42-40-38-36-34-32-30-28-22-20-18-16-14-12-10-8-6-4-2)48-72-60-58(71)56(69)59(52(47-64)74-60)75-61-57(70)55(68)54(67)51(46-63)73-61/h5,7,11,13,17,19,23-24,34,36,42,44,49-52,54-61,63-65,67-71H,3-4,6,8-10,12,14-16,18,20-22,25-33,35,37-41,43,45-48H2,1-2H3,(H,62,66)/b7-5-,13-11-,19-17-,24-23-,36-34+,44-42+. The van der Waals surface area contributed by atoms with E-state index >= 15 is 0 Å². The number of carbonyl (C=O) groups is 1. The number of ether oxygens (including phenoxy) is 4. The Balaban J connectivity index is 1.78. The lowest BCUT2D eigenvalue weighted by Gasteiger charge is -2.46. The third kappa shape index (κ3) is 32.2. The van der Waals surface area contributed by atoms with Gasteiger partial charge in [-0.3, -0.25) is 4.79 Å². The Bertz CT molecular complexity index is 1530. The Morgan fingerprint density at radius 3 is 1.47 bits per heavy atom. The zero-order chi connectivity index (χ0) is 54.6. The molecular weight excluding hydrogens is 955 g/mol. The third-order valence-corrected chi connectivity index (χ3v) is 14.1. The number of carbonyl (C=O) groups excluding carboxylic acids is 1. The van der Waals surface area contributed by atoms with Gasteiger partial charge in [-0.1, -0.05) is 209 Å². The molecule has 2 rings (SSSR count). The molecule has 0 aromatic heterocycles. The highest BCUT2D eigenvalue weighted by Gasteiger charge is 2.51. The predicted octanol–water partition coefficient (Wildman–Crippen LogP) is 9.94. The molecular formula is C61H107NO13. The van der Waals surface area contributed by atoms with Gasteiger partial charge in [0.15, 0.2) is 12.6 Å². The lowest BCUT2D eigenvalue weighted by molar-refractivity contribution is -0.359. The van der Waals surface area contributed by atoms with Crippen molar-refractivity contribution in [2.75, 3.05) is 19.8 Å². The van der Waals surface area contributed by atoms with Crippen LogP contribution in [0.2, 0.25) is 0 Å². The van der Waals surface area contributed by atoms with Crippen LogP contribution in [-0.4, -0.2) is 140 Å². The number of allylic oxidation sites excluding steroid dienone is 11. The smallest absolute Gasteiger partial charge is 0.220 e. The molecule has 75 heavy (non-hydrogen) atoms. The fraction of sp³-hybridized carbons (Fsp3) is 0.787. The van der Waals surface area contributed by atoms with Crippen LogP contribution in [0, 0.1) is 0 Å². The van der Waals surface area contributed by atoms with Crippen LogP contribution in [0.15, 0.2) is 72.9 Å². The SMILES string of the molecule is CC/C=C\C/C=C\C/C=C\C/C=C\CCCCCCCCCCCCC(=O)NC(COC1OC(CO)C(OC2OC(CO)C(O)C(O)C2O)C(O)C1O)C(O)/C=C/CC/C=C/CCCCCCCCCCCCCC. The molecule has 2 aliphatic rings. The molecule has 434 valence electrons. The van der Waals surface area contributed by atoms with E-state index in [2.05, 4.69) is 79.9 Å². The molecule has 0 bridgehead atoms. The van der Waals surface area contributed by atoms with Gasteiger partial charge in [-0.25, -0.2) is 0 Å². The van der Waals surface area contributed by atoms with Crippen LogP contribution in [0.3, 0.4) is 0 Å². The molecule has 0 radical (unpaired) electrons. The van der Waals surface area contributed by atoms with Crippen LogP contribution < -0.4 is 5.32 Å². The maximum absolute atomic E-state index is 13.3. The van der Waals surface area contributed by atoms with E-state index in [1.807, 2.05) is 6.08 Å². The molecule has 0 aromatic rings. The molecule has 0 saturated carbocycles. The van der Waals surface area contributed by atoms with Crippen LogP contribution in [-0.2, 0) is 23.7 Å². The second-order valence-corrected chi connectivity index (χ2v) is 20.7. The average molecular weight is 1060 g/mol. The molecule has 0 aromatic carbocycles. The van der Waals surface area contributed by atoms with Crippen molar-refractivity contribution in [3.63, 3.8) is 0 Å². The van der Waals surface area contributed by atoms with Gasteiger partial charge in [0.25, 0.3) is 0 Å². The van der Waals surface area contributed by atoms with Crippen molar-refractivity contribution < 1.29 is 64.6 Å². The van der Waals surface area contributed by atoms with Crippen molar-refractivity contribution in [3.8, 4) is 0 Å². The summed E-state index contributed by atoms with van der Waals surface area (Å²) in [5.74, 6) is -0.256. The normalized spacial score (nSPS) is 25.6. The van der Waals surface area contributed by atoms with Crippen molar-refractivity contribution in [2.45, 2.75) is 286 Å². The summed E-state index contributed by atoms with van der Waals surface area (Å²) in [6, 6.07) is -0.937. The molecule has 2 aliphatic heterocycles. The average Bonchev–Trinajstić information content (AvgIpc) is 3.41. The van der Waals surface area contributed by atoms with E-state index in [1.54, 1.807) is 6.08 Å². The zero-order valence-corrected chi connectivity index (χ0v) is 46.5. The highest BCUT2D eigenvalue weighted by molar-refractivity contribution is 5.76. The molecule has 1 amide bonds. The maximum atomic E-state index is 13.3. The van der Waals surface area contributed by atoms with E-state index in [0.29, 0.717) is 12.8 Å². The fourth-order valence-corrected chi connectivity index (χ4v) is 9.36. The number of rotatable bonds is 46. The van der Waals surface area contributed by atoms with Gasteiger partial charge in [0.05, 0.1) is 32.0 Å². The minimum atomic E-state index is -1.79. The molecule has 2 heterocycles. The first-order valence-electron chi connectivity index (χ1n) is 29.7. The second-order valence-electron chi connectivity index (χ2n) is 20.7. The molecule has 2 fully saturated rings. The first kappa shape index (κ1) is 68.5. The predicted molar refractivity (Wildman–Crippen MR) is 300 cm³/mol. The Morgan fingerprint density at radius 1 is 0.493 bits per heavy atom. The quantitative estimate of drug-likeness (QED) is 0.0205. The Kier molecular flexibility index (Phi) is 42.4. The number of nitrogens with one attached hydrogen (secondary N) is 1. The number of unbranched alkanes of at least 4 members (excludes halogenated alkanes) is 23. The summed E-state index contributed by atoms with van der Waals surface area (Å²) in [5, 5.41) is 87.1. The maximum Gasteiger partial charge on any atom is 0.220 e. The summed E-state index contributed by atoms with van der Waals surface area (Å²) in [6.07, 6.45) is 43.6.